The molecule has 7 heteroatoms. The van der Waals surface area contributed by atoms with Crippen molar-refractivity contribution in [3.8, 4) is 0 Å². The summed E-state index contributed by atoms with van der Waals surface area (Å²) in [5, 5.41) is 0.829. The van der Waals surface area contributed by atoms with Crippen molar-refractivity contribution in [2.75, 3.05) is 31.9 Å². The first-order valence-electron chi connectivity index (χ1n) is 9.03. The van der Waals surface area contributed by atoms with Crippen LogP contribution in [-0.2, 0) is 6.54 Å². The average molecular weight is 372 g/mol. The summed E-state index contributed by atoms with van der Waals surface area (Å²) in [6.45, 7) is 8.19. The molecule has 0 atom stereocenters. The van der Waals surface area contributed by atoms with Gasteiger partial charge in [0.05, 0.1) is 5.56 Å². The second-order valence-corrected chi connectivity index (χ2v) is 7.65. The van der Waals surface area contributed by atoms with Gasteiger partial charge >= 0.3 is 0 Å². The summed E-state index contributed by atoms with van der Waals surface area (Å²) >= 11 is 1.65. The predicted molar refractivity (Wildman–Crippen MR) is 103 cm³/mol. The van der Waals surface area contributed by atoms with Crippen LogP contribution in [0, 0.1) is 6.92 Å². The van der Waals surface area contributed by atoms with Crippen molar-refractivity contribution in [2.24, 2.45) is 0 Å². The number of aromatic nitrogens is 3. The van der Waals surface area contributed by atoms with Gasteiger partial charge in [-0.3, -0.25) is 14.7 Å². The Bertz CT molecular complexity index is 720. The van der Waals surface area contributed by atoms with E-state index in [-0.39, 0.29) is 5.91 Å². The minimum atomic E-state index is 0.0728. The van der Waals surface area contributed by atoms with E-state index < -0.39 is 0 Å². The van der Waals surface area contributed by atoms with Gasteiger partial charge in [-0.1, -0.05) is 18.7 Å². The van der Waals surface area contributed by atoms with Gasteiger partial charge in [-0.05, 0) is 31.2 Å². The molecule has 1 saturated heterocycles. The first kappa shape index (κ1) is 18.8. The number of hydrogen-bond acceptors (Lipinski definition) is 6. The molecule has 0 bridgehead atoms. The summed E-state index contributed by atoms with van der Waals surface area (Å²) in [5.74, 6) is 1.05. The van der Waals surface area contributed by atoms with Gasteiger partial charge in [-0.15, -0.1) is 0 Å². The number of thioether (sulfide) groups is 1. The summed E-state index contributed by atoms with van der Waals surface area (Å²) in [5.41, 5.74) is 2.71. The Balaban J connectivity index is 1.56. The summed E-state index contributed by atoms with van der Waals surface area (Å²) in [7, 11) is 0. The topological polar surface area (TPSA) is 62.2 Å². The van der Waals surface area contributed by atoms with E-state index in [1.807, 2.05) is 36.4 Å². The summed E-state index contributed by atoms with van der Waals surface area (Å²) in [6.07, 6.45) is 6.47. The first-order chi connectivity index (χ1) is 12.7. The molecular weight excluding hydrogens is 346 g/mol. The van der Waals surface area contributed by atoms with E-state index in [9.17, 15) is 4.79 Å². The van der Waals surface area contributed by atoms with Crippen LogP contribution in [0.4, 0.5) is 0 Å². The Morgan fingerprint density at radius 1 is 1.08 bits per heavy atom. The number of hydrogen-bond donors (Lipinski definition) is 0. The predicted octanol–water partition coefficient (Wildman–Crippen LogP) is 2.64. The van der Waals surface area contributed by atoms with Crippen LogP contribution in [0.2, 0.25) is 0 Å². The maximum absolute atomic E-state index is 12.7. The molecule has 1 fully saturated rings. The zero-order valence-corrected chi connectivity index (χ0v) is 16.2. The maximum Gasteiger partial charge on any atom is 0.255 e. The summed E-state index contributed by atoms with van der Waals surface area (Å²) < 4.78 is 0. The standard InChI is InChI=1S/C19H25N5OS/c1-3-26-19-21-11-16(12-22-19)14-23-7-4-8-24(10-9-23)18(25)17-6-5-15(2)20-13-17/h5-6,11-13H,3-4,7-10,14H2,1-2H3. The molecule has 1 aliphatic heterocycles. The SMILES string of the molecule is CCSc1ncc(CN2CCCN(C(=O)c3ccc(C)nc3)CC2)cn1. The first-order valence-corrected chi connectivity index (χ1v) is 10.0. The van der Waals surface area contributed by atoms with Crippen molar-refractivity contribution in [2.45, 2.75) is 32.0 Å². The van der Waals surface area contributed by atoms with Crippen molar-refractivity contribution < 1.29 is 4.79 Å². The van der Waals surface area contributed by atoms with Gasteiger partial charge in [0.15, 0.2) is 5.16 Å². The van der Waals surface area contributed by atoms with E-state index in [1.54, 1.807) is 18.0 Å². The van der Waals surface area contributed by atoms with E-state index in [4.69, 9.17) is 0 Å². The van der Waals surface area contributed by atoms with Gasteiger partial charge < -0.3 is 4.90 Å². The molecule has 1 aliphatic rings. The van der Waals surface area contributed by atoms with E-state index >= 15 is 0 Å². The van der Waals surface area contributed by atoms with Crippen LogP contribution < -0.4 is 0 Å². The van der Waals surface area contributed by atoms with Crippen molar-refractivity contribution in [3.05, 3.63) is 47.5 Å². The second kappa shape index (κ2) is 9.09. The maximum atomic E-state index is 12.7. The van der Waals surface area contributed by atoms with Crippen LogP contribution in [0.3, 0.4) is 0 Å². The Morgan fingerprint density at radius 2 is 1.88 bits per heavy atom. The van der Waals surface area contributed by atoms with Gasteiger partial charge in [0.25, 0.3) is 5.91 Å². The van der Waals surface area contributed by atoms with E-state index in [0.717, 1.165) is 61.3 Å². The number of carbonyl (C=O) groups excluding carboxylic acids is 1. The van der Waals surface area contributed by atoms with Gasteiger partial charge in [0.2, 0.25) is 0 Å². The molecule has 0 unspecified atom stereocenters. The second-order valence-electron chi connectivity index (χ2n) is 6.42. The lowest BCUT2D eigenvalue weighted by molar-refractivity contribution is 0.0760. The monoisotopic (exact) mass is 371 g/mol. The lowest BCUT2D eigenvalue weighted by Crippen LogP contribution is -2.35. The van der Waals surface area contributed by atoms with E-state index in [0.29, 0.717) is 5.56 Å². The molecule has 3 heterocycles. The normalized spacial score (nSPS) is 15.7. The number of carbonyl (C=O) groups is 1. The summed E-state index contributed by atoms with van der Waals surface area (Å²) in [4.78, 5) is 30.0. The van der Waals surface area contributed by atoms with E-state index in [2.05, 4.69) is 26.8 Å². The fourth-order valence-corrected chi connectivity index (χ4v) is 3.51. The molecule has 0 aromatic carbocycles. The number of pyridine rings is 1. The Hall–Kier alpha value is -1.99. The van der Waals surface area contributed by atoms with Crippen molar-refractivity contribution in [3.63, 3.8) is 0 Å². The van der Waals surface area contributed by atoms with Crippen molar-refractivity contribution >= 4 is 17.7 Å². The molecule has 2 aromatic rings. The van der Waals surface area contributed by atoms with Crippen molar-refractivity contribution in [1.29, 1.82) is 0 Å². The van der Waals surface area contributed by atoms with Crippen LogP contribution in [-0.4, -0.2) is 62.6 Å². The third kappa shape index (κ3) is 5.02. The van der Waals surface area contributed by atoms with Crippen LogP contribution in [0.5, 0.6) is 0 Å². The molecule has 1 amide bonds. The van der Waals surface area contributed by atoms with Crippen molar-refractivity contribution in [1.82, 2.24) is 24.8 Å². The molecule has 2 aromatic heterocycles. The average Bonchev–Trinajstić information content (AvgIpc) is 2.89. The Labute approximate surface area is 159 Å². The molecule has 0 saturated carbocycles. The fraction of sp³-hybridized carbons (Fsp3) is 0.474. The molecule has 0 aliphatic carbocycles. The highest BCUT2D eigenvalue weighted by Crippen LogP contribution is 2.14. The number of aryl methyl sites for hydroxylation is 1. The molecule has 0 radical (unpaired) electrons. The van der Waals surface area contributed by atoms with Gasteiger partial charge in [-0.25, -0.2) is 9.97 Å². The molecule has 0 N–H and O–H groups in total. The zero-order chi connectivity index (χ0) is 18.4. The van der Waals surface area contributed by atoms with Gasteiger partial charge in [0, 0.05) is 62.6 Å². The number of amides is 1. The fourth-order valence-electron chi connectivity index (χ4n) is 3.00. The Kier molecular flexibility index (Phi) is 6.57. The molecule has 26 heavy (non-hydrogen) atoms. The lowest BCUT2D eigenvalue weighted by atomic mass is 10.2. The number of rotatable bonds is 5. The smallest absolute Gasteiger partial charge is 0.255 e. The Morgan fingerprint density at radius 3 is 2.58 bits per heavy atom. The molecule has 138 valence electrons. The highest BCUT2D eigenvalue weighted by molar-refractivity contribution is 7.99. The molecule has 0 spiro atoms. The highest BCUT2D eigenvalue weighted by Gasteiger charge is 2.20. The highest BCUT2D eigenvalue weighted by atomic mass is 32.2. The molecular formula is C19H25N5OS. The minimum absolute atomic E-state index is 0.0728. The van der Waals surface area contributed by atoms with Gasteiger partial charge in [0.1, 0.15) is 0 Å². The van der Waals surface area contributed by atoms with Crippen LogP contribution in [0.25, 0.3) is 0 Å². The summed E-state index contributed by atoms with van der Waals surface area (Å²) in [6, 6.07) is 3.75. The third-order valence-electron chi connectivity index (χ3n) is 4.40. The minimum Gasteiger partial charge on any atom is -0.337 e. The van der Waals surface area contributed by atoms with Crippen LogP contribution >= 0.6 is 11.8 Å². The third-order valence-corrected chi connectivity index (χ3v) is 5.15. The van der Waals surface area contributed by atoms with Crippen LogP contribution in [0.1, 0.15) is 35.0 Å². The van der Waals surface area contributed by atoms with Gasteiger partial charge in [-0.2, -0.15) is 0 Å². The quantitative estimate of drug-likeness (QED) is 0.595. The number of nitrogens with zero attached hydrogens (tertiary/aromatic N) is 5. The largest absolute Gasteiger partial charge is 0.337 e. The van der Waals surface area contributed by atoms with E-state index in [1.165, 1.54) is 0 Å². The lowest BCUT2D eigenvalue weighted by Gasteiger charge is -2.22. The molecule has 6 nitrogen and oxygen atoms in total. The zero-order valence-electron chi connectivity index (χ0n) is 15.4. The molecule has 3 rings (SSSR count). The van der Waals surface area contributed by atoms with Crippen LogP contribution in [0.15, 0.2) is 35.9 Å².